The molecule has 8 heteroatoms. The van der Waals surface area contributed by atoms with Crippen LogP contribution in [0.25, 0.3) is 11.4 Å². The van der Waals surface area contributed by atoms with E-state index < -0.39 is 6.04 Å². The molecule has 1 fully saturated rings. The maximum Gasteiger partial charge on any atom is 0.237 e. The number of piperazine rings is 1. The Kier molecular flexibility index (Phi) is 7.24. The number of aryl methyl sites for hydroxylation is 1. The number of aromatic amines is 1. The summed E-state index contributed by atoms with van der Waals surface area (Å²) >= 11 is 0. The van der Waals surface area contributed by atoms with Crippen LogP contribution in [0.5, 0.6) is 0 Å². The first-order valence-electron chi connectivity index (χ1n) is 11.0. The predicted octanol–water partition coefficient (Wildman–Crippen LogP) is 1.91. The van der Waals surface area contributed by atoms with Gasteiger partial charge in [-0.3, -0.25) is 19.6 Å². The lowest BCUT2D eigenvalue weighted by molar-refractivity contribution is -0.134. The number of carbonyl (C=O) groups is 2. The number of rotatable bonds is 9. The molecule has 1 unspecified atom stereocenters. The number of aromatic nitrogens is 3. The molecule has 2 aromatic carbocycles. The summed E-state index contributed by atoms with van der Waals surface area (Å²) in [5, 5.41) is 12.8. The molecule has 2 heterocycles. The van der Waals surface area contributed by atoms with Crippen molar-refractivity contribution in [1.29, 1.82) is 0 Å². The molecule has 1 aliphatic heterocycles. The molecule has 1 saturated heterocycles. The summed E-state index contributed by atoms with van der Waals surface area (Å²) in [6, 6.07) is 19.5. The van der Waals surface area contributed by atoms with E-state index in [0.29, 0.717) is 18.2 Å². The average molecular weight is 433 g/mol. The number of H-pyrrole nitrogens is 1. The lowest BCUT2D eigenvalue weighted by Gasteiger charge is -2.34. The van der Waals surface area contributed by atoms with Gasteiger partial charge in [-0.05, 0) is 24.9 Å². The summed E-state index contributed by atoms with van der Waals surface area (Å²) in [5.74, 6) is 0.894. The molecule has 8 nitrogen and oxygen atoms in total. The van der Waals surface area contributed by atoms with Crippen molar-refractivity contribution in [2.75, 3.05) is 19.6 Å². The number of nitrogens with one attached hydrogen (secondary N) is 3. The molecule has 0 radical (unpaired) electrons. The largest absolute Gasteiger partial charge is 0.353 e. The van der Waals surface area contributed by atoms with Crippen LogP contribution in [0, 0.1) is 0 Å². The SMILES string of the molecule is O=C(CC1C(=O)NCCN1CCCc1ccccc1)NCc1nc(-c2ccccc2)n[nH]1. The van der Waals surface area contributed by atoms with Gasteiger partial charge in [-0.15, -0.1) is 0 Å². The topological polar surface area (TPSA) is 103 Å². The normalized spacial score (nSPS) is 16.5. The molecule has 1 atom stereocenters. The van der Waals surface area contributed by atoms with E-state index in [0.717, 1.165) is 31.5 Å². The minimum atomic E-state index is -0.450. The van der Waals surface area contributed by atoms with Crippen molar-refractivity contribution in [3.63, 3.8) is 0 Å². The number of carbonyl (C=O) groups excluding carboxylic acids is 2. The quantitative estimate of drug-likeness (QED) is 0.479. The first-order chi connectivity index (χ1) is 15.7. The van der Waals surface area contributed by atoms with E-state index >= 15 is 0 Å². The third-order valence-corrected chi connectivity index (χ3v) is 5.59. The lowest BCUT2D eigenvalue weighted by atomic mass is 10.1. The molecule has 1 aromatic heterocycles. The highest BCUT2D eigenvalue weighted by Crippen LogP contribution is 2.14. The number of hydrogen-bond acceptors (Lipinski definition) is 5. The van der Waals surface area contributed by atoms with Gasteiger partial charge < -0.3 is 10.6 Å². The van der Waals surface area contributed by atoms with E-state index in [-0.39, 0.29) is 24.8 Å². The van der Waals surface area contributed by atoms with E-state index in [1.54, 1.807) is 0 Å². The second-order valence-electron chi connectivity index (χ2n) is 7.88. The van der Waals surface area contributed by atoms with Crippen molar-refractivity contribution in [3.05, 3.63) is 72.1 Å². The van der Waals surface area contributed by atoms with E-state index in [1.165, 1.54) is 5.56 Å². The summed E-state index contributed by atoms with van der Waals surface area (Å²) in [7, 11) is 0. The Labute approximate surface area is 187 Å². The molecule has 4 rings (SSSR count). The minimum absolute atomic E-state index is 0.0860. The summed E-state index contributed by atoms with van der Waals surface area (Å²) in [6.07, 6.45) is 2.01. The van der Waals surface area contributed by atoms with Gasteiger partial charge in [-0.25, -0.2) is 4.98 Å². The maximum absolute atomic E-state index is 12.6. The minimum Gasteiger partial charge on any atom is -0.353 e. The van der Waals surface area contributed by atoms with Gasteiger partial charge in [0.2, 0.25) is 11.8 Å². The Bertz CT molecular complexity index is 1020. The Morgan fingerprint density at radius 3 is 2.62 bits per heavy atom. The van der Waals surface area contributed by atoms with Crippen molar-refractivity contribution in [2.24, 2.45) is 0 Å². The van der Waals surface area contributed by atoms with E-state index in [1.807, 2.05) is 48.5 Å². The number of amides is 2. The highest BCUT2D eigenvalue weighted by Gasteiger charge is 2.31. The Morgan fingerprint density at radius 1 is 1.09 bits per heavy atom. The smallest absolute Gasteiger partial charge is 0.237 e. The van der Waals surface area contributed by atoms with Crippen LogP contribution in [0.1, 0.15) is 24.2 Å². The van der Waals surface area contributed by atoms with Crippen LogP contribution < -0.4 is 10.6 Å². The Hall–Kier alpha value is -3.52. The standard InChI is InChI=1S/C24H28N6O2/c31-22(26-17-21-27-23(29-28-21)19-11-5-2-6-12-19)16-20-24(32)25-13-15-30(20)14-7-10-18-8-3-1-4-9-18/h1-6,8-9,11-12,20H,7,10,13-17H2,(H,25,32)(H,26,31)(H,27,28,29). The van der Waals surface area contributed by atoms with Gasteiger partial charge in [-0.2, -0.15) is 5.10 Å². The maximum atomic E-state index is 12.6. The Balaban J connectivity index is 1.27. The zero-order chi connectivity index (χ0) is 22.2. The van der Waals surface area contributed by atoms with Crippen molar-refractivity contribution < 1.29 is 9.59 Å². The van der Waals surface area contributed by atoms with E-state index in [2.05, 4.69) is 42.8 Å². The third kappa shape index (κ3) is 5.79. The lowest BCUT2D eigenvalue weighted by Crippen LogP contribution is -2.56. The van der Waals surface area contributed by atoms with Crippen LogP contribution in [-0.4, -0.2) is 57.6 Å². The molecule has 0 bridgehead atoms. The van der Waals surface area contributed by atoms with Crippen LogP contribution in [-0.2, 0) is 22.6 Å². The fourth-order valence-electron chi connectivity index (χ4n) is 3.90. The van der Waals surface area contributed by atoms with Gasteiger partial charge in [0.1, 0.15) is 5.82 Å². The van der Waals surface area contributed by atoms with Gasteiger partial charge in [-0.1, -0.05) is 60.7 Å². The van der Waals surface area contributed by atoms with Gasteiger partial charge >= 0.3 is 0 Å². The van der Waals surface area contributed by atoms with Gasteiger partial charge in [0.05, 0.1) is 19.0 Å². The first kappa shape index (κ1) is 21.7. The molecule has 1 aliphatic rings. The summed E-state index contributed by atoms with van der Waals surface area (Å²) in [6.45, 7) is 2.38. The first-order valence-corrected chi connectivity index (χ1v) is 11.0. The summed E-state index contributed by atoms with van der Waals surface area (Å²) < 4.78 is 0. The molecule has 166 valence electrons. The third-order valence-electron chi connectivity index (χ3n) is 5.59. The molecule has 0 spiro atoms. The summed E-state index contributed by atoms with van der Waals surface area (Å²) in [5.41, 5.74) is 2.19. The molecule has 3 N–H and O–H groups in total. The van der Waals surface area contributed by atoms with Crippen molar-refractivity contribution in [2.45, 2.75) is 31.8 Å². The molecular formula is C24H28N6O2. The highest BCUT2D eigenvalue weighted by atomic mass is 16.2. The number of benzene rings is 2. The van der Waals surface area contributed by atoms with Crippen molar-refractivity contribution in [3.8, 4) is 11.4 Å². The van der Waals surface area contributed by atoms with Crippen molar-refractivity contribution in [1.82, 2.24) is 30.7 Å². The zero-order valence-electron chi connectivity index (χ0n) is 18.0. The average Bonchev–Trinajstić information content (AvgIpc) is 3.30. The second kappa shape index (κ2) is 10.7. The molecule has 32 heavy (non-hydrogen) atoms. The van der Waals surface area contributed by atoms with Crippen LogP contribution in [0.15, 0.2) is 60.7 Å². The van der Waals surface area contributed by atoms with Gasteiger partial charge in [0.25, 0.3) is 0 Å². The fourth-order valence-corrected chi connectivity index (χ4v) is 3.90. The van der Waals surface area contributed by atoms with Crippen LogP contribution in [0.2, 0.25) is 0 Å². The monoisotopic (exact) mass is 432 g/mol. The van der Waals surface area contributed by atoms with E-state index in [9.17, 15) is 9.59 Å². The predicted molar refractivity (Wildman–Crippen MR) is 121 cm³/mol. The summed E-state index contributed by atoms with van der Waals surface area (Å²) in [4.78, 5) is 31.6. The fraction of sp³-hybridized carbons (Fsp3) is 0.333. The van der Waals surface area contributed by atoms with E-state index in [4.69, 9.17) is 0 Å². The zero-order valence-corrected chi connectivity index (χ0v) is 18.0. The Morgan fingerprint density at radius 2 is 1.84 bits per heavy atom. The molecule has 2 amide bonds. The number of nitrogens with zero attached hydrogens (tertiary/aromatic N) is 3. The van der Waals surface area contributed by atoms with Gasteiger partial charge in [0, 0.05) is 18.7 Å². The molecule has 0 aliphatic carbocycles. The van der Waals surface area contributed by atoms with Gasteiger partial charge in [0.15, 0.2) is 5.82 Å². The molecule has 3 aromatic rings. The van der Waals surface area contributed by atoms with Crippen molar-refractivity contribution >= 4 is 11.8 Å². The van der Waals surface area contributed by atoms with Crippen LogP contribution >= 0.6 is 0 Å². The second-order valence-corrected chi connectivity index (χ2v) is 7.88. The number of hydrogen-bond donors (Lipinski definition) is 3. The van der Waals surface area contributed by atoms with Crippen LogP contribution in [0.3, 0.4) is 0 Å². The van der Waals surface area contributed by atoms with Crippen LogP contribution in [0.4, 0.5) is 0 Å². The highest BCUT2D eigenvalue weighted by molar-refractivity contribution is 5.88. The molecular weight excluding hydrogens is 404 g/mol. The molecule has 0 saturated carbocycles.